The number of allylic oxidation sites excluding steroid dienone is 1. The quantitative estimate of drug-likeness (QED) is 0.859. The summed E-state index contributed by atoms with van der Waals surface area (Å²) in [7, 11) is 0. The first-order chi connectivity index (χ1) is 8.18. The molecule has 17 heavy (non-hydrogen) atoms. The Morgan fingerprint density at radius 3 is 2.88 bits per heavy atom. The summed E-state index contributed by atoms with van der Waals surface area (Å²) in [4.78, 5) is 23.9. The number of para-hydroxylation sites is 1. The fourth-order valence-corrected chi connectivity index (χ4v) is 1.88. The topological polar surface area (TPSA) is 57.6 Å². The number of hydrogen-bond donors (Lipinski definition) is 1. The molecule has 0 unspecified atom stereocenters. The van der Waals surface area contributed by atoms with E-state index < -0.39 is 5.97 Å². The first-order valence-corrected chi connectivity index (χ1v) is 5.46. The first kappa shape index (κ1) is 11.4. The van der Waals surface area contributed by atoms with Crippen molar-refractivity contribution in [2.75, 3.05) is 11.4 Å². The third-order valence-corrected chi connectivity index (χ3v) is 2.70. The summed E-state index contributed by atoms with van der Waals surface area (Å²) in [5.41, 5.74) is 1.85. The number of fused-ring (bicyclic) bond motifs is 1. The summed E-state index contributed by atoms with van der Waals surface area (Å²) < 4.78 is 0. The van der Waals surface area contributed by atoms with Gasteiger partial charge in [-0.2, -0.15) is 0 Å². The second kappa shape index (κ2) is 4.82. The lowest BCUT2D eigenvalue weighted by Gasteiger charge is -2.21. The van der Waals surface area contributed by atoms with Crippen LogP contribution in [0.25, 0.3) is 0 Å². The van der Waals surface area contributed by atoms with Gasteiger partial charge in [-0.3, -0.25) is 9.59 Å². The maximum absolute atomic E-state index is 11.8. The van der Waals surface area contributed by atoms with Gasteiger partial charge < -0.3 is 10.0 Å². The molecule has 1 amide bonds. The van der Waals surface area contributed by atoms with E-state index in [0.717, 1.165) is 11.3 Å². The van der Waals surface area contributed by atoms with E-state index >= 15 is 0 Å². The zero-order chi connectivity index (χ0) is 12.3. The Balaban J connectivity index is 2.30. The number of carboxylic acids is 1. The molecule has 1 heterocycles. The van der Waals surface area contributed by atoms with Crippen molar-refractivity contribution in [3.05, 3.63) is 42.0 Å². The van der Waals surface area contributed by atoms with E-state index in [2.05, 4.69) is 0 Å². The van der Waals surface area contributed by atoms with Crippen molar-refractivity contribution in [1.29, 1.82) is 0 Å². The minimum absolute atomic E-state index is 0.0477. The molecule has 0 aromatic heterocycles. The molecule has 1 aliphatic heterocycles. The highest BCUT2D eigenvalue weighted by Gasteiger charge is 2.19. The van der Waals surface area contributed by atoms with Crippen molar-refractivity contribution < 1.29 is 14.7 Å². The Kier molecular flexibility index (Phi) is 3.23. The van der Waals surface area contributed by atoms with Gasteiger partial charge in [0.15, 0.2) is 0 Å². The summed E-state index contributed by atoms with van der Waals surface area (Å²) in [6.45, 7) is 0.204. The summed E-state index contributed by atoms with van der Waals surface area (Å²) in [5.74, 6) is -1.06. The van der Waals surface area contributed by atoms with E-state index in [1.807, 2.05) is 30.3 Å². The molecule has 0 saturated heterocycles. The van der Waals surface area contributed by atoms with Crippen molar-refractivity contribution in [3.8, 4) is 0 Å². The third-order valence-electron chi connectivity index (χ3n) is 2.70. The van der Waals surface area contributed by atoms with Gasteiger partial charge in [-0.1, -0.05) is 24.3 Å². The Labute approximate surface area is 99.2 Å². The first-order valence-electron chi connectivity index (χ1n) is 5.46. The lowest BCUT2D eigenvalue weighted by Crippen LogP contribution is -2.31. The molecular formula is C13H13NO3. The van der Waals surface area contributed by atoms with Crippen LogP contribution < -0.4 is 4.90 Å². The smallest absolute Gasteiger partial charge is 0.305 e. The molecule has 1 aromatic carbocycles. The molecule has 1 N–H and O–H groups in total. The van der Waals surface area contributed by atoms with Gasteiger partial charge in [0.2, 0.25) is 0 Å². The molecule has 4 nitrogen and oxygen atoms in total. The Morgan fingerprint density at radius 1 is 1.35 bits per heavy atom. The number of benzene rings is 1. The van der Waals surface area contributed by atoms with Crippen molar-refractivity contribution in [3.63, 3.8) is 0 Å². The highest BCUT2D eigenvalue weighted by Crippen LogP contribution is 2.24. The maximum Gasteiger partial charge on any atom is 0.305 e. The number of aliphatic carboxylic acids is 1. The van der Waals surface area contributed by atoms with Crippen molar-refractivity contribution >= 4 is 17.6 Å². The lowest BCUT2D eigenvalue weighted by molar-refractivity contribution is -0.136. The predicted octanol–water partition coefficient (Wildman–Crippen LogP) is 1.61. The van der Waals surface area contributed by atoms with Crippen LogP contribution in [0.3, 0.4) is 0 Å². The number of carboxylic acid groups (broad SMARTS) is 1. The van der Waals surface area contributed by atoms with Crippen LogP contribution >= 0.6 is 0 Å². The van der Waals surface area contributed by atoms with Crippen molar-refractivity contribution in [2.45, 2.75) is 12.8 Å². The molecule has 0 bridgehead atoms. The normalized spacial score (nSPS) is 14.4. The van der Waals surface area contributed by atoms with E-state index in [9.17, 15) is 9.59 Å². The average Bonchev–Trinajstić information content (AvgIpc) is 2.45. The van der Waals surface area contributed by atoms with Crippen molar-refractivity contribution in [1.82, 2.24) is 0 Å². The zero-order valence-corrected chi connectivity index (χ0v) is 9.30. The van der Waals surface area contributed by atoms with Crippen LogP contribution in [0.2, 0.25) is 0 Å². The van der Waals surface area contributed by atoms with Crippen LogP contribution in [0.5, 0.6) is 0 Å². The number of rotatable bonds is 3. The summed E-state index contributed by atoms with van der Waals surface area (Å²) in [6.07, 6.45) is 3.96. The van der Waals surface area contributed by atoms with E-state index in [1.165, 1.54) is 11.0 Å². The number of anilines is 1. The largest absolute Gasteiger partial charge is 0.481 e. The molecule has 4 heteroatoms. The minimum atomic E-state index is -0.900. The van der Waals surface area contributed by atoms with Gasteiger partial charge in [0.05, 0.1) is 6.42 Å². The fourth-order valence-electron chi connectivity index (χ4n) is 1.88. The minimum Gasteiger partial charge on any atom is -0.481 e. The van der Waals surface area contributed by atoms with Crippen LogP contribution in [0.4, 0.5) is 5.69 Å². The molecule has 1 aromatic rings. The monoisotopic (exact) mass is 231 g/mol. The van der Waals surface area contributed by atoms with Crippen molar-refractivity contribution in [2.24, 2.45) is 0 Å². The molecule has 2 rings (SSSR count). The molecule has 1 aliphatic rings. The van der Waals surface area contributed by atoms with Crippen LogP contribution in [0, 0.1) is 0 Å². The second-order valence-corrected chi connectivity index (χ2v) is 3.87. The van der Waals surface area contributed by atoms with Gasteiger partial charge in [0.1, 0.15) is 0 Å². The van der Waals surface area contributed by atoms with E-state index in [4.69, 9.17) is 5.11 Å². The molecule has 0 fully saturated rings. The molecule has 0 spiro atoms. The molecule has 0 atom stereocenters. The Hall–Kier alpha value is -2.10. The van der Waals surface area contributed by atoms with Crippen LogP contribution in [0.15, 0.2) is 36.4 Å². The van der Waals surface area contributed by atoms with Crippen LogP contribution in [0.1, 0.15) is 12.0 Å². The molecule has 0 radical (unpaired) electrons. The number of carbonyl (C=O) groups excluding carboxylic acids is 1. The van der Waals surface area contributed by atoms with Crippen LogP contribution in [-0.4, -0.2) is 23.5 Å². The van der Waals surface area contributed by atoms with E-state index in [0.29, 0.717) is 6.42 Å². The molecular weight excluding hydrogens is 218 g/mol. The van der Waals surface area contributed by atoms with Gasteiger partial charge in [0.25, 0.3) is 5.91 Å². The predicted molar refractivity (Wildman–Crippen MR) is 63.9 cm³/mol. The van der Waals surface area contributed by atoms with Crippen LogP contribution in [-0.2, 0) is 16.0 Å². The average molecular weight is 231 g/mol. The van der Waals surface area contributed by atoms with E-state index in [1.54, 1.807) is 0 Å². The van der Waals surface area contributed by atoms with Gasteiger partial charge in [0, 0.05) is 12.2 Å². The van der Waals surface area contributed by atoms with Gasteiger partial charge >= 0.3 is 5.97 Å². The van der Waals surface area contributed by atoms with Gasteiger partial charge in [-0.15, -0.1) is 0 Å². The fraction of sp³-hybridized carbons (Fsp3) is 0.231. The summed E-state index contributed by atoms with van der Waals surface area (Å²) in [6, 6.07) is 7.57. The SMILES string of the molecule is O=C(O)CCN1C(=O)C=CCc2ccccc21. The summed E-state index contributed by atoms with van der Waals surface area (Å²) >= 11 is 0. The van der Waals surface area contributed by atoms with E-state index in [-0.39, 0.29) is 18.9 Å². The lowest BCUT2D eigenvalue weighted by atomic mass is 10.1. The number of carbonyl (C=O) groups is 2. The molecule has 0 aliphatic carbocycles. The number of amides is 1. The standard InChI is InChI=1S/C13H13NO3/c15-12-7-3-5-10-4-1-2-6-11(10)14(12)9-8-13(16)17/h1-4,6-7H,5,8-9H2,(H,16,17). The highest BCUT2D eigenvalue weighted by atomic mass is 16.4. The Morgan fingerprint density at radius 2 is 2.12 bits per heavy atom. The maximum atomic E-state index is 11.8. The molecule has 0 saturated carbocycles. The van der Waals surface area contributed by atoms with Gasteiger partial charge in [-0.05, 0) is 24.1 Å². The Bertz CT molecular complexity index is 479. The second-order valence-electron chi connectivity index (χ2n) is 3.87. The zero-order valence-electron chi connectivity index (χ0n) is 9.30. The summed E-state index contributed by atoms with van der Waals surface area (Å²) in [5, 5.41) is 8.69. The number of hydrogen-bond acceptors (Lipinski definition) is 2. The third kappa shape index (κ3) is 2.53. The highest BCUT2D eigenvalue weighted by molar-refractivity contribution is 6.03. The van der Waals surface area contributed by atoms with Gasteiger partial charge in [-0.25, -0.2) is 0 Å². The number of nitrogens with zero attached hydrogens (tertiary/aromatic N) is 1. The molecule has 88 valence electrons.